The summed E-state index contributed by atoms with van der Waals surface area (Å²) < 4.78 is 27.2. The minimum absolute atomic E-state index is 0.247. The summed E-state index contributed by atoms with van der Waals surface area (Å²) in [5.41, 5.74) is 6.30. The lowest BCUT2D eigenvalue weighted by molar-refractivity contribution is 0.577. The SMILES string of the molecule is CCCCNS(=O)(=O)c1cc(CN)ccc1Br. The minimum Gasteiger partial charge on any atom is -0.326 e. The van der Waals surface area contributed by atoms with Crippen LogP contribution in [0.1, 0.15) is 25.3 Å². The van der Waals surface area contributed by atoms with Gasteiger partial charge in [0.05, 0.1) is 4.90 Å². The molecule has 6 heteroatoms. The summed E-state index contributed by atoms with van der Waals surface area (Å²) in [4.78, 5) is 0.247. The van der Waals surface area contributed by atoms with Gasteiger partial charge in [0.25, 0.3) is 0 Å². The Bertz CT molecular complexity index is 474. The molecule has 0 saturated carbocycles. The van der Waals surface area contributed by atoms with Crippen LogP contribution in [0.4, 0.5) is 0 Å². The van der Waals surface area contributed by atoms with Gasteiger partial charge < -0.3 is 5.73 Å². The third-order valence-corrected chi connectivity index (χ3v) is 4.80. The van der Waals surface area contributed by atoms with Crippen LogP contribution in [0.5, 0.6) is 0 Å². The highest BCUT2D eigenvalue weighted by Crippen LogP contribution is 2.22. The van der Waals surface area contributed by atoms with Gasteiger partial charge in [0, 0.05) is 17.6 Å². The number of nitrogens with two attached hydrogens (primary N) is 1. The number of hydrogen-bond acceptors (Lipinski definition) is 3. The van der Waals surface area contributed by atoms with Crippen molar-refractivity contribution in [3.63, 3.8) is 0 Å². The van der Waals surface area contributed by atoms with Crippen LogP contribution in [-0.4, -0.2) is 15.0 Å². The molecule has 0 aliphatic carbocycles. The zero-order valence-electron chi connectivity index (χ0n) is 9.74. The smallest absolute Gasteiger partial charge is 0.241 e. The number of benzene rings is 1. The lowest BCUT2D eigenvalue weighted by Gasteiger charge is -2.09. The van der Waals surface area contributed by atoms with E-state index in [1.807, 2.05) is 6.92 Å². The molecule has 1 rings (SSSR count). The van der Waals surface area contributed by atoms with Crippen molar-refractivity contribution in [1.82, 2.24) is 4.72 Å². The van der Waals surface area contributed by atoms with E-state index < -0.39 is 10.0 Å². The normalized spacial score (nSPS) is 11.7. The summed E-state index contributed by atoms with van der Waals surface area (Å²) in [6.07, 6.45) is 1.78. The van der Waals surface area contributed by atoms with Gasteiger partial charge in [0.2, 0.25) is 10.0 Å². The Hall–Kier alpha value is -0.430. The van der Waals surface area contributed by atoms with Crippen LogP contribution >= 0.6 is 15.9 Å². The Morgan fingerprint density at radius 1 is 1.41 bits per heavy atom. The summed E-state index contributed by atoms with van der Waals surface area (Å²) >= 11 is 3.24. The number of rotatable bonds is 6. The molecule has 4 nitrogen and oxygen atoms in total. The van der Waals surface area contributed by atoms with Gasteiger partial charge in [-0.1, -0.05) is 19.4 Å². The maximum Gasteiger partial charge on any atom is 0.241 e. The lowest BCUT2D eigenvalue weighted by atomic mass is 10.2. The molecule has 1 aromatic carbocycles. The molecule has 0 spiro atoms. The Morgan fingerprint density at radius 2 is 2.12 bits per heavy atom. The molecule has 0 fully saturated rings. The highest BCUT2D eigenvalue weighted by molar-refractivity contribution is 9.10. The van der Waals surface area contributed by atoms with Gasteiger partial charge in [-0.15, -0.1) is 0 Å². The first-order valence-electron chi connectivity index (χ1n) is 5.49. The summed E-state index contributed by atoms with van der Waals surface area (Å²) in [7, 11) is -3.45. The molecule has 3 N–H and O–H groups in total. The molecule has 17 heavy (non-hydrogen) atoms. The van der Waals surface area contributed by atoms with E-state index >= 15 is 0 Å². The van der Waals surface area contributed by atoms with Gasteiger partial charge in [-0.3, -0.25) is 0 Å². The quantitative estimate of drug-likeness (QED) is 0.787. The molecule has 0 aromatic heterocycles. The van der Waals surface area contributed by atoms with E-state index in [2.05, 4.69) is 20.7 Å². The van der Waals surface area contributed by atoms with Crippen molar-refractivity contribution in [3.8, 4) is 0 Å². The van der Waals surface area contributed by atoms with Gasteiger partial charge in [-0.05, 0) is 40.0 Å². The number of halogens is 1. The number of nitrogens with one attached hydrogen (secondary N) is 1. The molecule has 0 unspecified atom stereocenters. The molecular weight excluding hydrogens is 304 g/mol. The van der Waals surface area contributed by atoms with Crippen LogP contribution < -0.4 is 10.5 Å². The van der Waals surface area contributed by atoms with E-state index in [1.54, 1.807) is 18.2 Å². The maximum absolute atomic E-state index is 12.0. The molecule has 0 atom stereocenters. The number of unbranched alkanes of at least 4 members (excludes halogenated alkanes) is 1. The van der Waals surface area contributed by atoms with Crippen LogP contribution in [0.2, 0.25) is 0 Å². The third-order valence-electron chi connectivity index (χ3n) is 2.34. The van der Waals surface area contributed by atoms with Crippen LogP contribution in [0.25, 0.3) is 0 Å². The zero-order valence-corrected chi connectivity index (χ0v) is 12.1. The van der Waals surface area contributed by atoms with Crippen molar-refractivity contribution >= 4 is 26.0 Å². The van der Waals surface area contributed by atoms with Gasteiger partial charge >= 0.3 is 0 Å². The standard InChI is InChI=1S/C11H17BrN2O2S/c1-2-3-6-14-17(15,16)11-7-9(8-13)4-5-10(11)12/h4-5,7,14H,2-3,6,8,13H2,1H3. The van der Waals surface area contributed by atoms with Gasteiger partial charge in [-0.2, -0.15) is 0 Å². The number of hydrogen-bond donors (Lipinski definition) is 2. The van der Waals surface area contributed by atoms with Crippen LogP contribution in [-0.2, 0) is 16.6 Å². The second-order valence-electron chi connectivity index (χ2n) is 3.72. The molecule has 0 aliphatic rings. The monoisotopic (exact) mass is 320 g/mol. The molecular formula is C11H17BrN2O2S. The van der Waals surface area contributed by atoms with E-state index in [-0.39, 0.29) is 4.90 Å². The van der Waals surface area contributed by atoms with Crippen molar-refractivity contribution in [2.45, 2.75) is 31.2 Å². The van der Waals surface area contributed by atoms with E-state index in [0.29, 0.717) is 17.6 Å². The zero-order chi connectivity index (χ0) is 12.9. The van der Waals surface area contributed by atoms with Gasteiger partial charge in [-0.25, -0.2) is 13.1 Å². The van der Waals surface area contributed by atoms with Crippen LogP contribution in [0, 0.1) is 0 Å². The predicted octanol–water partition coefficient (Wildman–Crippen LogP) is 1.99. The summed E-state index contributed by atoms with van der Waals surface area (Å²) in [5.74, 6) is 0. The molecule has 0 bridgehead atoms. The molecule has 0 radical (unpaired) electrons. The molecule has 1 aromatic rings. The highest BCUT2D eigenvalue weighted by Gasteiger charge is 2.17. The van der Waals surface area contributed by atoms with Gasteiger partial charge in [0.15, 0.2) is 0 Å². The average Bonchev–Trinajstić information content (AvgIpc) is 2.29. The Kier molecular flexibility index (Phi) is 5.58. The maximum atomic E-state index is 12.0. The third kappa shape index (κ3) is 4.06. The van der Waals surface area contributed by atoms with Crippen molar-refractivity contribution in [2.24, 2.45) is 5.73 Å². The second kappa shape index (κ2) is 6.49. The summed E-state index contributed by atoms with van der Waals surface area (Å²) in [5, 5.41) is 0. The fraction of sp³-hybridized carbons (Fsp3) is 0.455. The largest absolute Gasteiger partial charge is 0.326 e. The fourth-order valence-electron chi connectivity index (χ4n) is 1.34. The first-order chi connectivity index (χ1) is 8.01. The minimum atomic E-state index is -3.45. The van der Waals surface area contributed by atoms with Crippen LogP contribution in [0.15, 0.2) is 27.6 Å². The number of sulfonamides is 1. The lowest BCUT2D eigenvalue weighted by Crippen LogP contribution is -2.25. The first-order valence-corrected chi connectivity index (χ1v) is 7.77. The Labute approximate surface area is 111 Å². The first kappa shape index (κ1) is 14.6. The predicted molar refractivity (Wildman–Crippen MR) is 72.1 cm³/mol. The van der Waals surface area contributed by atoms with Crippen molar-refractivity contribution in [3.05, 3.63) is 28.2 Å². The summed E-state index contributed by atoms with van der Waals surface area (Å²) in [6, 6.07) is 5.10. The van der Waals surface area contributed by atoms with E-state index in [1.165, 1.54) is 0 Å². The highest BCUT2D eigenvalue weighted by atomic mass is 79.9. The van der Waals surface area contributed by atoms with Crippen LogP contribution in [0.3, 0.4) is 0 Å². The average molecular weight is 321 g/mol. The Morgan fingerprint density at radius 3 is 2.71 bits per heavy atom. The van der Waals surface area contributed by atoms with E-state index in [4.69, 9.17) is 5.73 Å². The van der Waals surface area contributed by atoms with Crippen molar-refractivity contribution < 1.29 is 8.42 Å². The second-order valence-corrected chi connectivity index (χ2v) is 6.31. The topological polar surface area (TPSA) is 72.2 Å². The van der Waals surface area contributed by atoms with E-state index in [9.17, 15) is 8.42 Å². The summed E-state index contributed by atoms with van der Waals surface area (Å²) in [6.45, 7) is 2.79. The Balaban J connectivity index is 2.97. The van der Waals surface area contributed by atoms with Gasteiger partial charge in [0.1, 0.15) is 0 Å². The molecule has 96 valence electrons. The molecule has 0 saturated heterocycles. The molecule has 0 aliphatic heterocycles. The van der Waals surface area contributed by atoms with Crippen molar-refractivity contribution in [1.29, 1.82) is 0 Å². The molecule has 0 amide bonds. The van der Waals surface area contributed by atoms with E-state index in [0.717, 1.165) is 18.4 Å². The van der Waals surface area contributed by atoms with Crippen molar-refractivity contribution in [2.75, 3.05) is 6.54 Å². The fourth-order valence-corrected chi connectivity index (χ4v) is 3.43. The molecule has 0 heterocycles.